The third-order valence-electron chi connectivity index (χ3n) is 7.46. The van der Waals surface area contributed by atoms with E-state index in [2.05, 4.69) is 19.9 Å². The molecule has 0 amide bonds. The molecule has 0 bridgehead atoms. The van der Waals surface area contributed by atoms with Crippen molar-refractivity contribution >= 4 is 12.3 Å². The molecule has 3 unspecified atom stereocenters. The molecule has 0 radical (unpaired) electrons. The van der Waals surface area contributed by atoms with Crippen molar-refractivity contribution in [1.82, 2.24) is 0 Å². The van der Waals surface area contributed by atoms with Gasteiger partial charge in [0, 0.05) is 0 Å². The Kier molecular flexibility index (Phi) is 3.86. The average Bonchev–Trinajstić information content (AvgIpc) is 2.91. The second-order valence-electron chi connectivity index (χ2n) is 8.25. The molecule has 1 aromatic carbocycles. The average molecular weight is 338 g/mol. The molecule has 0 heterocycles. The van der Waals surface area contributed by atoms with Crippen LogP contribution >= 0.6 is 0 Å². The number of methoxy groups -OCH3 is 1. The summed E-state index contributed by atoms with van der Waals surface area (Å²) in [6, 6.07) is 6.09. The van der Waals surface area contributed by atoms with Gasteiger partial charge in [-0.1, -0.05) is 18.6 Å². The second kappa shape index (κ2) is 5.82. The summed E-state index contributed by atoms with van der Waals surface area (Å²) in [5, 5.41) is 0. The number of carbonyl (C=O) groups is 2. The van der Waals surface area contributed by atoms with Crippen LogP contribution in [-0.2, 0) is 16.0 Å². The van der Waals surface area contributed by atoms with Gasteiger partial charge in [-0.2, -0.15) is 0 Å². The van der Waals surface area contributed by atoms with E-state index in [1.54, 1.807) is 0 Å². The molecular weight excluding hydrogens is 312 g/mol. The highest BCUT2D eigenvalue weighted by molar-refractivity contribution is 5.89. The third kappa shape index (κ3) is 2.32. The lowest BCUT2D eigenvalue weighted by Crippen LogP contribution is -2.40. The standard InChI is InChI=1S/C22H26O3/c1-13-16(12-23)11-20-19-7-4-14-10-15(21(24)25-3)5-6-17(14)18(19)8-9-22(13,20)2/h5-6,10,12,18-20H,4,7-9,11H2,1-3H3/t18?,19?,20?,22-/m1/s1. The van der Waals surface area contributed by atoms with Crippen molar-refractivity contribution in [3.05, 3.63) is 46.0 Å². The molecule has 3 heteroatoms. The SMILES string of the molecule is COC(=O)c1ccc2c(c1)CCC1C2CC[C@]2(C)C(C)=C(C=O)CC12. The Morgan fingerprint density at radius 3 is 2.84 bits per heavy atom. The zero-order chi connectivity index (χ0) is 17.8. The van der Waals surface area contributed by atoms with Crippen LogP contribution in [0.1, 0.15) is 66.9 Å². The second-order valence-corrected chi connectivity index (χ2v) is 8.25. The Hall–Kier alpha value is -1.90. The van der Waals surface area contributed by atoms with Gasteiger partial charge in [0.15, 0.2) is 0 Å². The number of esters is 1. The lowest BCUT2D eigenvalue weighted by Gasteiger charge is -2.50. The van der Waals surface area contributed by atoms with Crippen LogP contribution in [0, 0.1) is 17.3 Å². The van der Waals surface area contributed by atoms with Crippen molar-refractivity contribution in [2.75, 3.05) is 7.11 Å². The molecule has 3 aliphatic rings. The minimum atomic E-state index is -0.257. The smallest absolute Gasteiger partial charge is 0.337 e. The summed E-state index contributed by atoms with van der Waals surface area (Å²) in [6.45, 7) is 4.54. The highest BCUT2D eigenvalue weighted by atomic mass is 16.5. The highest BCUT2D eigenvalue weighted by Crippen LogP contribution is 2.62. The van der Waals surface area contributed by atoms with Crippen LogP contribution in [0.15, 0.2) is 29.3 Å². The van der Waals surface area contributed by atoms with Gasteiger partial charge in [-0.3, -0.25) is 4.79 Å². The maximum absolute atomic E-state index is 11.8. The number of aldehydes is 1. The Morgan fingerprint density at radius 2 is 2.12 bits per heavy atom. The minimum absolute atomic E-state index is 0.195. The quantitative estimate of drug-likeness (QED) is 0.591. The molecule has 0 spiro atoms. The van der Waals surface area contributed by atoms with E-state index in [9.17, 15) is 9.59 Å². The molecular formula is C22H26O3. The van der Waals surface area contributed by atoms with Crippen molar-refractivity contribution < 1.29 is 14.3 Å². The van der Waals surface area contributed by atoms with E-state index < -0.39 is 0 Å². The van der Waals surface area contributed by atoms with Gasteiger partial charge in [0.1, 0.15) is 6.29 Å². The van der Waals surface area contributed by atoms with Gasteiger partial charge < -0.3 is 4.74 Å². The van der Waals surface area contributed by atoms with Gasteiger partial charge in [0.25, 0.3) is 0 Å². The molecule has 1 fully saturated rings. The van der Waals surface area contributed by atoms with E-state index >= 15 is 0 Å². The van der Waals surface area contributed by atoms with E-state index in [1.165, 1.54) is 30.2 Å². The number of aryl methyl sites for hydroxylation is 1. The molecule has 1 saturated carbocycles. The summed E-state index contributed by atoms with van der Waals surface area (Å²) < 4.78 is 4.86. The zero-order valence-electron chi connectivity index (χ0n) is 15.3. The van der Waals surface area contributed by atoms with Crippen molar-refractivity contribution in [2.45, 2.75) is 51.9 Å². The van der Waals surface area contributed by atoms with Crippen molar-refractivity contribution in [2.24, 2.45) is 17.3 Å². The van der Waals surface area contributed by atoms with Crippen LogP contribution in [0.25, 0.3) is 0 Å². The largest absolute Gasteiger partial charge is 0.465 e. The number of benzene rings is 1. The van der Waals surface area contributed by atoms with E-state index in [0.717, 1.165) is 37.5 Å². The van der Waals surface area contributed by atoms with Crippen LogP contribution < -0.4 is 0 Å². The minimum Gasteiger partial charge on any atom is -0.465 e. The van der Waals surface area contributed by atoms with Crippen LogP contribution in [0.5, 0.6) is 0 Å². The number of fused-ring (bicyclic) bond motifs is 5. The number of allylic oxidation sites excluding steroid dienone is 2. The molecule has 0 saturated heterocycles. The van der Waals surface area contributed by atoms with Crippen molar-refractivity contribution in [1.29, 1.82) is 0 Å². The molecule has 1 aromatic rings. The Morgan fingerprint density at radius 1 is 1.32 bits per heavy atom. The van der Waals surface area contributed by atoms with E-state index in [0.29, 0.717) is 23.3 Å². The van der Waals surface area contributed by atoms with Crippen LogP contribution in [0.3, 0.4) is 0 Å². The molecule has 3 aliphatic carbocycles. The first-order valence-electron chi connectivity index (χ1n) is 9.36. The summed E-state index contributed by atoms with van der Waals surface area (Å²) in [5.41, 5.74) is 5.95. The number of ether oxygens (including phenoxy) is 1. The van der Waals surface area contributed by atoms with Gasteiger partial charge in [-0.15, -0.1) is 0 Å². The van der Waals surface area contributed by atoms with Crippen LogP contribution in [-0.4, -0.2) is 19.4 Å². The first-order chi connectivity index (χ1) is 12.0. The molecule has 3 nitrogen and oxygen atoms in total. The summed E-state index contributed by atoms with van der Waals surface area (Å²) in [5.74, 6) is 1.53. The Labute approximate surface area is 149 Å². The Balaban J connectivity index is 1.67. The van der Waals surface area contributed by atoms with Gasteiger partial charge in [0.05, 0.1) is 12.7 Å². The summed E-state index contributed by atoms with van der Waals surface area (Å²) >= 11 is 0. The molecule has 132 valence electrons. The summed E-state index contributed by atoms with van der Waals surface area (Å²) in [6.07, 6.45) is 6.53. The lowest BCUT2D eigenvalue weighted by molar-refractivity contribution is -0.105. The normalized spacial score (nSPS) is 33.3. The fourth-order valence-corrected chi connectivity index (χ4v) is 5.88. The first-order valence-corrected chi connectivity index (χ1v) is 9.36. The van der Waals surface area contributed by atoms with Gasteiger partial charge in [-0.25, -0.2) is 4.79 Å². The number of hydrogen-bond donors (Lipinski definition) is 0. The molecule has 0 N–H and O–H groups in total. The van der Waals surface area contributed by atoms with Crippen molar-refractivity contribution in [3.63, 3.8) is 0 Å². The topological polar surface area (TPSA) is 43.4 Å². The van der Waals surface area contributed by atoms with Gasteiger partial charge >= 0.3 is 5.97 Å². The first kappa shape index (κ1) is 16.6. The van der Waals surface area contributed by atoms with Gasteiger partial charge in [0.2, 0.25) is 0 Å². The zero-order valence-corrected chi connectivity index (χ0v) is 15.3. The predicted octanol–water partition coefficient (Wildman–Crippen LogP) is 4.45. The maximum Gasteiger partial charge on any atom is 0.337 e. The van der Waals surface area contributed by atoms with Crippen LogP contribution in [0.4, 0.5) is 0 Å². The number of hydrogen-bond acceptors (Lipinski definition) is 3. The maximum atomic E-state index is 11.8. The highest BCUT2D eigenvalue weighted by Gasteiger charge is 2.52. The summed E-state index contributed by atoms with van der Waals surface area (Å²) in [7, 11) is 1.43. The number of rotatable bonds is 2. The predicted molar refractivity (Wildman–Crippen MR) is 96.5 cm³/mol. The molecule has 25 heavy (non-hydrogen) atoms. The fourth-order valence-electron chi connectivity index (χ4n) is 5.88. The molecule has 4 atom stereocenters. The molecule has 0 aliphatic heterocycles. The fraction of sp³-hybridized carbons (Fsp3) is 0.545. The third-order valence-corrected chi connectivity index (χ3v) is 7.46. The Bertz CT molecular complexity index is 775. The van der Waals surface area contributed by atoms with Crippen molar-refractivity contribution in [3.8, 4) is 0 Å². The van der Waals surface area contributed by atoms with E-state index in [-0.39, 0.29) is 11.4 Å². The molecule has 4 rings (SSSR count). The molecule has 0 aromatic heterocycles. The summed E-state index contributed by atoms with van der Waals surface area (Å²) in [4.78, 5) is 23.3. The van der Waals surface area contributed by atoms with Crippen LogP contribution in [0.2, 0.25) is 0 Å². The van der Waals surface area contributed by atoms with E-state index in [4.69, 9.17) is 4.74 Å². The lowest BCUT2D eigenvalue weighted by atomic mass is 9.54. The van der Waals surface area contributed by atoms with Gasteiger partial charge in [-0.05, 0) is 91.0 Å². The monoisotopic (exact) mass is 338 g/mol. The van der Waals surface area contributed by atoms with E-state index in [1.807, 2.05) is 12.1 Å². The number of carbonyl (C=O) groups excluding carboxylic acids is 2.